The standard InChI is InChI=1S/C14H10BrF2NO/c15-10-3-6-13(17)12(7-10)14(19)18-8-9-1-4-11(16)5-2-9/h1-7H,8H2,(H,18,19). The molecule has 0 spiro atoms. The van der Waals surface area contributed by atoms with Gasteiger partial charge < -0.3 is 5.32 Å². The Hall–Kier alpha value is -1.75. The van der Waals surface area contributed by atoms with E-state index in [1.54, 1.807) is 12.1 Å². The van der Waals surface area contributed by atoms with Gasteiger partial charge in [0.2, 0.25) is 0 Å². The quantitative estimate of drug-likeness (QED) is 0.916. The van der Waals surface area contributed by atoms with Crippen LogP contribution in [0.15, 0.2) is 46.9 Å². The molecule has 0 fully saturated rings. The fourth-order valence-electron chi connectivity index (χ4n) is 1.55. The summed E-state index contributed by atoms with van der Waals surface area (Å²) in [4.78, 5) is 11.8. The molecule has 5 heteroatoms. The summed E-state index contributed by atoms with van der Waals surface area (Å²) in [6, 6.07) is 9.89. The first-order valence-corrected chi connectivity index (χ1v) is 6.33. The molecule has 0 atom stereocenters. The Morgan fingerprint density at radius 2 is 1.79 bits per heavy atom. The molecule has 2 rings (SSSR count). The van der Waals surface area contributed by atoms with Gasteiger partial charge >= 0.3 is 0 Å². The minimum atomic E-state index is -0.584. The lowest BCUT2D eigenvalue weighted by Gasteiger charge is -2.06. The molecule has 2 aromatic carbocycles. The van der Waals surface area contributed by atoms with E-state index in [-0.39, 0.29) is 17.9 Å². The van der Waals surface area contributed by atoms with E-state index in [2.05, 4.69) is 21.2 Å². The number of benzene rings is 2. The third kappa shape index (κ3) is 3.61. The lowest BCUT2D eigenvalue weighted by atomic mass is 10.2. The van der Waals surface area contributed by atoms with Crippen LogP contribution >= 0.6 is 15.9 Å². The van der Waals surface area contributed by atoms with E-state index in [9.17, 15) is 13.6 Å². The Morgan fingerprint density at radius 1 is 1.11 bits per heavy atom. The summed E-state index contributed by atoms with van der Waals surface area (Å²) < 4.78 is 26.8. The van der Waals surface area contributed by atoms with Gasteiger partial charge in [-0.15, -0.1) is 0 Å². The topological polar surface area (TPSA) is 29.1 Å². The van der Waals surface area contributed by atoms with Crippen LogP contribution in [0.2, 0.25) is 0 Å². The Kier molecular flexibility index (Phi) is 4.27. The smallest absolute Gasteiger partial charge is 0.254 e. The fraction of sp³-hybridized carbons (Fsp3) is 0.0714. The molecule has 1 amide bonds. The van der Waals surface area contributed by atoms with E-state index < -0.39 is 11.7 Å². The lowest BCUT2D eigenvalue weighted by Crippen LogP contribution is -2.23. The third-order valence-corrected chi connectivity index (χ3v) is 3.03. The molecule has 0 heterocycles. The van der Waals surface area contributed by atoms with Crippen LogP contribution in [0.4, 0.5) is 8.78 Å². The summed E-state index contributed by atoms with van der Waals surface area (Å²) in [5.74, 6) is -1.43. The van der Waals surface area contributed by atoms with Gasteiger partial charge in [0.25, 0.3) is 5.91 Å². The van der Waals surface area contributed by atoms with Crippen molar-refractivity contribution in [2.45, 2.75) is 6.54 Å². The van der Waals surface area contributed by atoms with E-state index in [1.165, 1.54) is 30.3 Å². The predicted octanol–water partition coefficient (Wildman–Crippen LogP) is 3.66. The Labute approximate surface area is 117 Å². The van der Waals surface area contributed by atoms with Crippen LogP contribution in [0.5, 0.6) is 0 Å². The zero-order valence-corrected chi connectivity index (χ0v) is 11.4. The van der Waals surface area contributed by atoms with Crippen LogP contribution in [0, 0.1) is 11.6 Å². The summed E-state index contributed by atoms with van der Waals surface area (Å²) in [6.07, 6.45) is 0. The third-order valence-electron chi connectivity index (χ3n) is 2.54. The Bertz CT molecular complexity index is 599. The molecule has 0 radical (unpaired) electrons. The maximum atomic E-state index is 13.5. The molecule has 0 bridgehead atoms. The van der Waals surface area contributed by atoms with E-state index in [1.807, 2.05) is 0 Å². The van der Waals surface area contributed by atoms with Gasteiger partial charge in [-0.05, 0) is 35.9 Å². The van der Waals surface area contributed by atoms with Gasteiger partial charge in [-0.25, -0.2) is 8.78 Å². The largest absolute Gasteiger partial charge is 0.348 e. The van der Waals surface area contributed by atoms with Crippen LogP contribution in [0.1, 0.15) is 15.9 Å². The number of amides is 1. The van der Waals surface area contributed by atoms with Crippen LogP contribution in [-0.2, 0) is 6.54 Å². The highest BCUT2D eigenvalue weighted by Crippen LogP contribution is 2.15. The van der Waals surface area contributed by atoms with E-state index in [0.717, 1.165) is 5.56 Å². The molecule has 0 aliphatic rings. The Morgan fingerprint density at radius 3 is 2.47 bits per heavy atom. The van der Waals surface area contributed by atoms with Gasteiger partial charge in [0.1, 0.15) is 11.6 Å². The molecule has 0 saturated carbocycles. The summed E-state index contributed by atoms with van der Waals surface area (Å²) in [5.41, 5.74) is 0.710. The van der Waals surface area contributed by atoms with Gasteiger partial charge in [-0.3, -0.25) is 4.79 Å². The fourth-order valence-corrected chi connectivity index (χ4v) is 1.91. The first kappa shape index (κ1) is 13.7. The van der Waals surface area contributed by atoms with Crippen molar-refractivity contribution in [1.29, 1.82) is 0 Å². The molecule has 98 valence electrons. The molecular formula is C14H10BrF2NO. The maximum Gasteiger partial charge on any atom is 0.254 e. The molecule has 0 saturated heterocycles. The van der Waals surface area contributed by atoms with Crippen LogP contribution < -0.4 is 5.32 Å². The van der Waals surface area contributed by atoms with Gasteiger partial charge in [0.15, 0.2) is 0 Å². The second-order valence-corrected chi connectivity index (χ2v) is 4.85. The maximum absolute atomic E-state index is 13.5. The van der Waals surface area contributed by atoms with Gasteiger partial charge in [-0.1, -0.05) is 28.1 Å². The number of halogens is 3. The average Bonchev–Trinajstić information content (AvgIpc) is 2.40. The number of carbonyl (C=O) groups is 1. The van der Waals surface area contributed by atoms with E-state index in [4.69, 9.17) is 0 Å². The van der Waals surface area contributed by atoms with Gasteiger partial charge in [0, 0.05) is 11.0 Å². The predicted molar refractivity (Wildman–Crippen MR) is 71.7 cm³/mol. The monoisotopic (exact) mass is 325 g/mol. The van der Waals surface area contributed by atoms with Crippen molar-refractivity contribution < 1.29 is 13.6 Å². The number of rotatable bonds is 3. The van der Waals surface area contributed by atoms with Crippen LogP contribution in [-0.4, -0.2) is 5.91 Å². The SMILES string of the molecule is O=C(NCc1ccc(F)cc1)c1cc(Br)ccc1F. The highest BCUT2D eigenvalue weighted by Gasteiger charge is 2.11. The molecule has 0 aliphatic heterocycles. The minimum absolute atomic E-state index is 0.0310. The number of carbonyl (C=O) groups excluding carboxylic acids is 1. The highest BCUT2D eigenvalue weighted by molar-refractivity contribution is 9.10. The molecular weight excluding hydrogens is 316 g/mol. The van der Waals surface area contributed by atoms with Gasteiger partial charge in [0.05, 0.1) is 5.56 Å². The zero-order valence-electron chi connectivity index (χ0n) is 9.79. The minimum Gasteiger partial charge on any atom is -0.348 e. The summed E-state index contributed by atoms with van der Waals surface area (Å²) in [5, 5.41) is 2.58. The molecule has 0 aliphatic carbocycles. The van der Waals surface area contributed by atoms with Crippen molar-refractivity contribution in [1.82, 2.24) is 5.32 Å². The first-order chi connectivity index (χ1) is 9.06. The molecule has 0 unspecified atom stereocenters. The average molecular weight is 326 g/mol. The second-order valence-electron chi connectivity index (χ2n) is 3.93. The van der Waals surface area contributed by atoms with Gasteiger partial charge in [-0.2, -0.15) is 0 Å². The summed E-state index contributed by atoms with van der Waals surface area (Å²) in [6.45, 7) is 0.213. The van der Waals surface area contributed by atoms with E-state index in [0.29, 0.717) is 4.47 Å². The first-order valence-electron chi connectivity index (χ1n) is 5.54. The highest BCUT2D eigenvalue weighted by atomic mass is 79.9. The Balaban J connectivity index is 2.05. The molecule has 0 aromatic heterocycles. The second kappa shape index (κ2) is 5.93. The van der Waals surface area contributed by atoms with Crippen molar-refractivity contribution in [2.75, 3.05) is 0 Å². The molecule has 2 aromatic rings. The lowest BCUT2D eigenvalue weighted by molar-refractivity contribution is 0.0947. The van der Waals surface area contributed by atoms with Crippen molar-refractivity contribution >= 4 is 21.8 Å². The van der Waals surface area contributed by atoms with Crippen molar-refractivity contribution in [2.24, 2.45) is 0 Å². The number of nitrogens with one attached hydrogen (secondary N) is 1. The van der Waals surface area contributed by atoms with Crippen molar-refractivity contribution in [3.8, 4) is 0 Å². The number of hydrogen-bond donors (Lipinski definition) is 1. The molecule has 19 heavy (non-hydrogen) atoms. The zero-order chi connectivity index (χ0) is 13.8. The summed E-state index contributed by atoms with van der Waals surface area (Å²) >= 11 is 3.18. The van der Waals surface area contributed by atoms with E-state index >= 15 is 0 Å². The van der Waals surface area contributed by atoms with Crippen LogP contribution in [0.25, 0.3) is 0 Å². The van der Waals surface area contributed by atoms with Crippen LogP contribution in [0.3, 0.4) is 0 Å². The molecule has 1 N–H and O–H groups in total. The summed E-state index contributed by atoms with van der Waals surface area (Å²) in [7, 11) is 0. The number of hydrogen-bond acceptors (Lipinski definition) is 1. The molecule has 2 nitrogen and oxygen atoms in total. The normalized spacial score (nSPS) is 10.3. The van der Waals surface area contributed by atoms with Crippen molar-refractivity contribution in [3.05, 3.63) is 69.7 Å². The van der Waals surface area contributed by atoms with Crippen molar-refractivity contribution in [3.63, 3.8) is 0 Å².